The molecule has 1 aliphatic heterocycles. The highest BCUT2D eigenvalue weighted by atomic mass is 16.6. The Kier molecular flexibility index (Phi) is 7.68. The zero-order chi connectivity index (χ0) is 26.9. The van der Waals surface area contributed by atoms with Crippen LogP contribution in [0.15, 0.2) is 23.1 Å². The van der Waals surface area contributed by atoms with Gasteiger partial charge in [-0.05, 0) is 58.1 Å². The van der Waals surface area contributed by atoms with E-state index in [1.165, 1.54) is 9.47 Å². The fourth-order valence-corrected chi connectivity index (χ4v) is 4.40. The number of nitrogens with zero attached hydrogens (tertiary/aromatic N) is 3. The zero-order valence-electron chi connectivity index (χ0n) is 22.2. The van der Waals surface area contributed by atoms with Gasteiger partial charge in [-0.15, -0.1) is 0 Å². The lowest BCUT2D eigenvalue weighted by Crippen LogP contribution is -2.51. The molecule has 0 radical (unpaired) electrons. The van der Waals surface area contributed by atoms with Crippen LogP contribution in [-0.2, 0) is 36.1 Å². The fraction of sp³-hybridized carbons (Fsp3) is 0.500. The van der Waals surface area contributed by atoms with Crippen LogP contribution in [-0.4, -0.2) is 71.5 Å². The average Bonchev–Trinajstić information content (AvgIpc) is 2.79. The molecule has 10 heteroatoms. The Morgan fingerprint density at radius 2 is 1.69 bits per heavy atom. The lowest BCUT2D eigenvalue weighted by Gasteiger charge is -2.36. The number of rotatable bonds is 6. The van der Waals surface area contributed by atoms with Crippen molar-refractivity contribution < 1.29 is 28.9 Å². The molecule has 36 heavy (non-hydrogen) atoms. The topological polar surface area (TPSA) is 111 Å². The maximum absolute atomic E-state index is 13.1. The van der Waals surface area contributed by atoms with E-state index >= 15 is 0 Å². The summed E-state index contributed by atoms with van der Waals surface area (Å²) >= 11 is 0. The second-order valence-electron chi connectivity index (χ2n) is 10.2. The van der Waals surface area contributed by atoms with Crippen LogP contribution >= 0.6 is 0 Å². The Hall–Kier alpha value is -3.53. The van der Waals surface area contributed by atoms with Gasteiger partial charge in [0.05, 0.1) is 26.3 Å². The van der Waals surface area contributed by atoms with E-state index in [4.69, 9.17) is 14.2 Å². The quantitative estimate of drug-likeness (QED) is 0.643. The van der Waals surface area contributed by atoms with Gasteiger partial charge in [0.2, 0.25) is 0 Å². The third-order valence-corrected chi connectivity index (χ3v) is 6.00. The monoisotopic (exact) mass is 501 g/mol. The van der Waals surface area contributed by atoms with Crippen molar-refractivity contribution in [2.75, 3.05) is 28.3 Å². The van der Waals surface area contributed by atoms with E-state index in [0.717, 1.165) is 11.1 Å². The first-order chi connectivity index (χ1) is 16.8. The number of benzene rings is 1. The predicted octanol–water partition coefficient (Wildman–Crippen LogP) is 2.88. The SMILES string of the molecule is COc1cc(-c2cn(C)c(=O)c3c2CN(C(=O)OC(C)(C)C)C(C(=O)O)C3)cc(OC)c1CN(C)C. The van der Waals surface area contributed by atoms with E-state index in [-0.39, 0.29) is 18.5 Å². The van der Waals surface area contributed by atoms with Gasteiger partial charge in [-0.25, -0.2) is 9.59 Å². The number of aliphatic carboxylic acids is 1. The molecule has 0 saturated carbocycles. The van der Waals surface area contributed by atoms with Crippen molar-refractivity contribution in [3.8, 4) is 22.6 Å². The molecule has 196 valence electrons. The molecule has 0 fully saturated rings. The lowest BCUT2D eigenvalue weighted by molar-refractivity contribution is -0.143. The van der Waals surface area contributed by atoms with Gasteiger partial charge >= 0.3 is 12.1 Å². The molecular weight excluding hydrogens is 466 g/mol. The van der Waals surface area contributed by atoms with Crippen molar-refractivity contribution in [3.63, 3.8) is 0 Å². The van der Waals surface area contributed by atoms with Gasteiger partial charge in [0.25, 0.3) is 5.56 Å². The number of amides is 1. The maximum atomic E-state index is 13.1. The van der Waals surface area contributed by atoms with Gasteiger partial charge in [-0.2, -0.15) is 0 Å². The van der Waals surface area contributed by atoms with Gasteiger partial charge in [0, 0.05) is 37.3 Å². The van der Waals surface area contributed by atoms with Gasteiger partial charge < -0.3 is 28.8 Å². The fourth-order valence-electron chi connectivity index (χ4n) is 4.40. The van der Waals surface area contributed by atoms with Crippen molar-refractivity contribution >= 4 is 12.1 Å². The molecule has 1 aromatic carbocycles. The predicted molar refractivity (Wildman–Crippen MR) is 135 cm³/mol. The number of carboxylic acid groups (broad SMARTS) is 1. The molecule has 1 N–H and O–H groups in total. The molecule has 3 rings (SSSR count). The highest BCUT2D eigenvalue weighted by Crippen LogP contribution is 2.38. The first-order valence-electron chi connectivity index (χ1n) is 11.6. The van der Waals surface area contributed by atoms with Crippen molar-refractivity contribution in [1.82, 2.24) is 14.4 Å². The van der Waals surface area contributed by atoms with Gasteiger partial charge in [-0.1, -0.05) is 0 Å². The molecule has 0 bridgehead atoms. The van der Waals surface area contributed by atoms with E-state index in [0.29, 0.717) is 34.7 Å². The van der Waals surface area contributed by atoms with Crippen LogP contribution in [0.4, 0.5) is 4.79 Å². The number of aromatic nitrogens is 1. The molecule has 10 nitrogen and oxygen atoms in total. The molecule has 1 aromatic heterocycles. The summed E-state index contributed by atoms with van der Waals surface area (Å²) in [5, 5.41) is 9.87. The third-order valence-electron chi connectivity index (χ3n) is 6.00. The van der Waals surface area contributed by atoms with Gasteiger partial charge in [-0.3, -0.25) is 9.69 Å². The number of carboxylic acids is 1. The number of hydrogen-bond donors (Lipinski definition) is 1. The number of hydrogen-bond acceptors (Lipinski definition) is 7. The van der Waals surface area contributed by atoms with Crippen LogP contribution < -0.4 is 15.0 Å². The molecule has 0 spiro atoms. The minimum atomic E-state index is -1.22. The molecule has 0 aliphatic carbocycles. The Bertz CT molecular complexity index is 1200. The number of carbonyl (C=O) groups excluding carboxylic acids is 1. The minimum Gasteiger partial charge on any atom is -0.496 e. The maximum Gasteiger partial charge on any atom is 0.411 e. The van der Waals surface area contributed by atoms with Crippen molar-refractivity contribution in [2.24, 2.45) is 7.05 Å². The van der Waals surface area contributed by atoms with Crippen LogP contribution in [0.2, 0.25) is 0 Å². The molecular formula is C26H35N3O7. The zero-order valence-corrected chi connectivity index (χ0v) is 22.2. The average molecular weight is 502 g/mol. The number of ether oxygens (including phenoxy) is 3. The number of carbonyl (C=O) groups is 2. The molecule has 1 atom stereocenters. The van der Waals surface area contributed by atoms with Crippen LogP contribution in [0.3, 0.4) is 0 Å². The summed E-state index contributed by atoms with van der Waals surface area (Å²) in [6.07, 6.45) is 0.816. The van der Waals surface area contributed by atoms with E-state index in [1.807, 2.05) is 31.1 Å². The normalized spacial score (nSPS) is 15.5. The summed E-state index contributed by atoms with van der Waals surface area (Å²) in [6, 6.07) is 2.51. The Labute approximate surface area is 211 Å². The van der Waals surface area contributed by atoms with Crippen molar-refractivity contribution in [1.29, 1.82) is 0 Å². The first-order valence-corrected chi connectivity index (χ1v) is 11.6. The molecule has 2 aromatic rings. The highest BCUT2D eigenvalue weighted by Gasteiger charge is 2.39. The molecule has 1 amide bonds. The van der Waals surface area contributed by atoms with E-state index in [2.05, 4.69) is 0 Å². The van der Waals surface area contributed by atoms with Crippen LogP contribution in [0, 0.1) is 0 Å². The van der Waals surface area contributed by atoms with Crippen molar-refractivity contribution in [3.05, 3.63) is 45.4 Å². The summed E-state index contributed by atoms with van der Waals surface area (Å²) < 4.78 is 18.3. The molecule has 2 heterocycles. The van der Waals surface area contributed by atoms with Crippen LogP contribution in [0.1, 0.15) is 37.5 Å². The summed E-state index contributed by atoms with van der Waals surface area (Å²) in [4.78, 5) is 41.3. The smallest absolute Gasteiger partial charge is 0.411 e. The summed E-state index contributed by atoms with van der Waals surface area (Å²) in [7, 11) is 8.67. The van der Waals surface area contributed by atoms with E-state index < -0.39 is 23.7 Å². The van der Waals surface area contributed by atoms with Crippen LogP contribution in [0.5, 0.6) is 11.5 Å². The number of pyridine rings is 1. The Morgan fingerprint density at radius 3 is 2.17 bits per heavy atom. The standard InChI is InChI=1S/C26H35N3O7/c1-26(2,3)36-25(33)29-14-18-16(11-20(29)24(31)32)23(30)28(6)13-17(18)15-9-21(34-7)19(12-27(4)5)22(10-15)35-8/h9-10,13,20H,11-12,14H2,1-8H3,(H,31,32). The van der Waals surface area contributed by atoms with Crippen LogP contribution in [0.25, 0.3) is 11.1 Å². The molecule has 0 saturated heterocycles. The lowest BCUT2D eigenvalue weighted by atomic mass is 9.89. The largest absolute Gasteiger partial charge is 0.496 e. The first kappa shape index (κ1) is 27.1. The second-order valence-corrected chi connectivity index (χ2v) is 10.2. The minimum absolute atomic E-state index is 0.0866. The number of methoxy groups -OCH3 is 2. The van der Waals surface area contributed by atoms with Crippen molar-refractivity contribution in [2.45, 2.75) is 51.9 Å². The second kappa shape index (κ2) is 10.2. The summed E-state index contributed by atoms with van der Waals surface area (Å²) in [6.45, 7) is 5.65. The Balaban J connectivity index is 2.22. The van der Waals surface area contributed by atoms with E-state index in [9.17, 15) is 19.5 Å². The number of fused-ring (bicyclic) bond motifs is 1. The molecule has 1 aliphatic rings. The van der Waals surface area contributed by atoms with Gasteiger partial charge in [0.1, 0.15) is 23.1 Å². The summed E-state index contributed by atoms with van der Waals surface area (Å²) in [5.74, 6) is 0.0306. The Morgan fingerprint density at radius 1 is 1.11 bits per heavy atom. The molecule has 1 unspecified atom stereocenters. The third kappa shape index (κ3) is 5.48. The number of aryl methyl sites for hydroxylation is 1. The highest BCUT2D eigenvalue weighted by molar-refractivity contribution is 5.82. The summed E-state index contributed by atoms with van der Waals surface area (Å²) in [5.41, 5.74) is 2.09. The van der Waals surface area contributed by atoms with Gasteiger partial charge in [0.15, 0.2) is 0 Å². The van der Waals surface area contributed by atoms with E-state index in [1.54, 1.807) is 48.2 Å².